The molecule has 1 unspecified atom stereocenters. The number of nitrogens with zero attached hydrogens (tertiary/aromatic N) is 4. The summed E-state index contributed by atoms with van der Waals surface area (Å²) in [5.41, 5.74) is 1.34. The van der Waals surface area contributed by atoms with Crippen LogP contribution in [-0.4, -0.2) is 70.7 Å². The van der Waals surface area contributed by atoms with E-state index in [1.807, 2.05) is 62.4 Å². The maximum absolute atomic E-state index is 12.4. The molecule has 1 saturated carbocycles. The molecule has 0 bridgehead atoms. The molecule has 2 aromatic rings. The molecule has 2 atom stereocenters. The molecule has 2 amide bonds. The second-order valence-corrected chi connectivity index (χ2v) is 12.2. The molecule has 3 aliphatic heterocycles. The summed E-state index contributed by atoms with van der Waals surface area (Å²) in [4.78, 5) is 28.7. The van der Waals surface area contributed by atoms with Crippen LogP contribution in [0.15, 0.2) is 85.8 Å². The number of hydrogen-bond donors (Lipinski definition) is 1. The van der Waals surface area contributed by atoms with Crippen LogP contribution in [0.5, 0.6) is 0 Å². The van der Waals surface area contributed by atoms with Crippen LogP contribution in [0.4, 0.5) is 0 Å². The Hall–Kier alpha value is -3.45. The standard InChI is InChI=1S/C16H21NO.C15H22N2O.C4H6N2.C2H6/c1-12-10-17(16(18)9-13-7-8-13)11-15(12)14-5-3-2-4-6-14;1-2-3-4-5-6-12-17-13-9-15(14(17)18)7-10-16-11-8-15;1-6-4-2-3-5-6;1-2/h2-6,12-13,15H,7-11H2,1H3;2-6,16H,1,7-13H2;2-4H,1H3;1-2H3/b;4-3-,6-5+;;/t12-,15?;;;/m0.../s1. The highest BCUT2D eigenvalue weighted by molar-refractivity contribution is 5.85. The van der Waals surface area contributed by atoms with Crippen LogP contribution in [0.3, 0.4) is 0 Å². The van der Waals surface area contributed by atoms with Crippen molar-refractivity contribution in [2.45, 2.75) is 65.2 Å². The zero-order chi connectivity index (χ0) is 31.8. The van der Waals surface area contributed by atoms with Gasteiger partial charge in [-0.15, -0.1) is 0 Å². The number of aromatic nitrogens is 2. The molecular weight excluding hydrogens is 546 g/mol. The molecule has 4 fully saturated rings. The zero-order valence-electron chi connectivity index (χ0n) is 27.5. The highest BCUT2D eigenvalue weighted by Crippen LogP contribution is 2.40. The molecule has 1 spiro atoms. The summed E-state index contributed by atoms with van der Waals surface area (Å²) >= 11 is 0. The van der Waals surface area contributed by atoms with E-state index in [0.717, 1.165) is 65.0 Å². The first kappa shape index (κ1) is 35.0. The zero-order valence-corrected chi connectivity index (χ0v) is 27.5. The number of hydrogen-bond acceptors (Lipinski definition) is 4. The van der Waals surface area contributed by atoms with E-state index in [4.69, 9.17) is 0 Å². The molecule has 44 heavy (non-hydrogen) atoms. The predicted octanol–water partition coefficient (Wildman–Crippen LogP) is 6.38. The van der Waals surface area contributed by atoms with Gasteiger partial charge < -0.3 is 15.1 Å². The second kappa shape index (κ2) is 18.4. The highest BCUT2D eigenvalue weighted by Gasteiger charge is 2.46. The first-order valence-corrected chi connectivity index (χ1v) is 16.6. The summed E-state index contributed by atoms with van der Waals surface area (Å²) in [7, 11) is 1.89. The predicted molar refractivity (Wildman–Crippen MR) is 181 cm³/mol. The van der Waals surface area contributed by atoms with Gasteiger partial charge in [0, 0.05) is 58.0 Å². The van der Waals surface area contributed by atoms with E-state index in [2.05, 4.69) is 59.1 Å². The third-order valence-corrected chi connectivity index (χ3v) is 8.97. The van der Waals surface area contributed by atoms with Gasteiger partial charge in [0.15, 0.2) is 0 Å². The lowest BCUT2D eigenvalue weighted by Crippen LogP contribution is -2.42. The molecule has 1 aromatic heterocycles. The van der Waals surface area contributed by atoms with Crippen molar-refractivity contribution in [2.75, 3.05) is 39.3 Å². The Morgan fingerprint density at radius 3 is 2.36 bits per heavy atom. The fraction of sp³-hybridized carbons (Fsp3) is 0.541. The fourth-order valence-corrected chi connectivity index (χ4v) is 6.19. The number of carbonyl (C=O) groups is 2. The van der Waals surface area contributed by atoms with Gasteiger partial charge in [0.1, 0.15) is 0 Å². The molecule has 7 nitrogen and oxygen atoms in total. The summed E-state index contributed by atoms with van der Waals surface area (Å²) in [5.74, 6) is 2.54. The number of aryl methyl sites for hydroxylation is 1. The van der Waals surface area contributed by atoms with E-state index in [9.17, 15) is 9.59 Å². The smallest absolute Gasteiger partial charge is 0.229 e. The molecule has 1 aliphatic carbocycles. The summed E-state index contributed by atoms with van der Waals surface area (Å²) in [5, 5.41) is 7.17. The molecule has 1 aromatic carbocycles. The first-order valence-electron chi connectivity index (χ1n) is 16.6. The SMILES string of the molecule is C=C/C=C\C=C\CN1CCC2(CCNCC2)C1=O.CC.C[C@H]1CN(C(=O)CC2CC2)CC1c1ccccc1.Cn1cccn1. The minimum Gasteiger partial charge on any atom is -0.342 e. The number of nitrogens with one attached hydrogen (secondary N) is 1. The highest BCUT2D eigenvalue weighted by atomic mass is 16.2. The summed E-state index contributed by atoms with van der Waals surface area (Å²) in [6.07, 6.45) is 19.6. The molecule has 0 radical (unpaired) electrons. The summed E-state index contributed by atoms with van der Waals surface area (Å²) < 4.78 is 1.75. The molecule has 4 aliphatic rings. The van der Waals surface area contributed by atoms with Gasteiger partial charge in [-0.3, -0.25) is 14.3 Å². The van der Waals surface area contributed by atoms with E-state index in [1.54, 1.807) is 17.0 Å². The van der Waals surface area contributed by atoms with E-state index < -0.39 is 0 Å². The van der Waals surface area contributed by atoms with Crippen LogP contribution in [0.25, 0.3) is 0 Å². The largest absolute Gasteiger partial charge is 0.342 e. The summed E-state index contributed by atoms with van der Waals surface area (Å²) in [6.45, 7) is 15.3. The second-order valence-electron chi connectivity index (χ2n) is 12.2. The molecule has 7 heteroatoms. The van der Waals surface area contributed by atoms with Crippen LogP contribution >= 0.6 is 0 Å². The van der Waals surface area contributed by atoms with Crippen LogP contribution in [0.2, 0.25) is 0 Å². The van der Waals surface area contributed by atoms with Crippen molar-refractivity contribution in [3.05, 3.63) is 91.3 Å². The van der Waals surface area contributed by atoms with Crippen LogP contribution < -0.4 is 5.32 Å². The Labute approximate surface area is 266 Å². The Kier molecular flexibility index (Phi) is 14.6. The third-order valence-electron chi connectivity index (χ3n) is 8.97. The minimum absolute atomic E-state index is 0.0456. The minimum atomic E-state index is -0.0456. The average molecular weight is 602 g/mol. The maximum atomic E-state index is 12.4. The maximum Gasteiger partial charge on any atom is 0.229 e. The average Bonchev–Trinajstić information content (AvgIpc) is 3.44. The van der Waals surface area contributed by atoms with Gasteiger partial charge in [0.05, 0.1) is 5.41 Å². The van der Waals surface area contributed by atoms with Crippen LogP contribution in [-0.2, 0) is 16.6 Å². The quantitative estimate of drug-likeness (QED) is 0.374. The van der Waals surface area contributed by atoms with E-state index in [1.165, 1.54) is 18.4 Å². The van der Waals surface area contributed by atoms with Gasteiger partial charge in [0.25, 0.3) is 0 Å². The monoisotopic (exact) mass is 601 g/mol. The molecule has 6 rings (SSSR count). The van der Waals surface area contributed by atoms with Crippen LogP contribution in [0.1, 0.15) is 70.8 Å². The number of amides is 2. The normalized spacial score (nSPS) is 22.2. The van der Waals surface area contributed by atoms with Gasteiger partial charge in [-0.2, -0.15) is 5.10 Å². The van der Waals surface area contributed by atoms with Gasteiger partial charge in [0.2, 0.25) is 11.8 Å². The van der Waals surface area contributed by atoms with Crippen molar-refractivity contribution < 1.29 is 9.59 Å². The van der Waals surface area contributed by atoms with Gasteiger partial charge in [-0.1, -0.05) is 88.1 Å². The van der Waals surface area contributed by atoms with Crippen molar-refractivity contribution in [3.8, 4) is 0 Å². The Morgan fingerprint density at radius 2 is 1.77 bits per heavy atom. The Bertz CT molecular complexity index is 1180. The number of likely N-dealkylation sites (tertiary alicyclic amines) is 2. The number of rotatable bonds is 7. The number of benzene rings is 1. The van der Waals surface area contributed by atoms with Crippen LogP contribution in [0, 0.1) is 17.3 Å². The molecule has 4 heterocycles. The summed E-state index contributed by atoms with van der Waals surface area (Å²) in [6, 6.07) is 12.5. The van der Waals surface area contributed by atoms with Gasteiger partial charge >= 0.3 is 0 Å². The van der Waals surface area contributed by atoms with Gasteiger partial charge in [-0.25, -0.2) is 0 Å². The topological polar surface area (TPSA) is 70.5 Å². The first-order chi connectivity index (χ1) is 21.4. The van der Waals surface area contributed by atoms with Crippen molar-refractivity contribution in [1.82, 2.24) is 24.9 Å². The molecule has 240 valence electrons. The Balaban J connectivity index is 0.000000193. The lowest BCUT2D eigenvalue weighted by atomic mass is 9.78. The molecule has 1 N–H and O–H groups in total. The number of piperidine rings is 1. The fourth-order valence-electron chi connectivity index (χ4n) is 6.19. The third kappa shape index (κ3) is 10.6. The van der Waals surface area contributed by atoms with Gasteiger partial charge in [-0.05, 0) is 68.7 Å². The van der Waals surface area contributed by atoms with Crippen molar-refractivity contribution in [1.29, 1.82) is 0 Å². The van der Waals surface area contributed by atoms with Crippen molar-refractivity contribution in [3.63, 3.8) is 0 Å². The number of carbonyl (C=O) groups excluding carboxylic acids is 2. The van der Waals surface area contributed by atoms with Crippen molar-refractivity contribution in [2.24, 2.45) is 24.3 Å². The van der Waals surface area contributed by atoms with E-state index >= 15 is 0 Å². The lowest BCUT2D eigenvalue weighted by Gasteiger charge is -2.31. The number of allylic oxidation sites excluding steroid dienone is 4. The van der Waals surface area contributed by atoms with E-state index in [-0.39, 0.29) is 5.41 Å². The molecular formula is C37H55N5O2. The van der Waals surface area contributed by atoms with E-state index in [0.29, 0.717) is 29.6 Å². The van der Waals surface area contributed by atoms with Crippen molar-refractivity contribution >= 4 is 11.8 Å². The lowest BCUT2D eigenvalue weighted by molar-refractivity contribution is -0.136. The molecule has 3 saturated heterocycles. The Morgan fingerprint density at radius 1 is 1.05 bits per heavy atom.